The number of anilines is 1. The van der Waals surface area contributed by atoms with Gasteiger partial charge >= 0.3 is 0 Å². The first-order valence-electron chi connectivity index (χ1n) is 10.8. The maximum absolute atomic E-state index is 13.0. The van der Waals surface area contributed by atoms with Crippen molar-refractivity contribution < 1.29 is 9.53 Å². The molecular formula is C25H29N3O2. The Kier molecular flexibility index (Phi) is 6.17. The minimum atomic E-state index is 0.169. The van der Waals surface area contributed by atoms with Crippen molar-refractivity contribution in [1.29, 1.82) is 0 Å². The third-order valence-electron chi connectivity index (χ3n) is 5.93. The molecule has 1 aliphatic heterocycles. The molecule has 0 atom stereocenters. The van der Waals surface area contributed by atoms with Gasteiger partial charge in [-0.2, -0.15) is 5.10 Å². The largest absolute Gasteiger partial charge is 0.493 e. The van der Waals surface area contributed by atoms with Gasteiger partial charge in [0.15, 0.2) is 0 Å². The second-order valence-corrected chi connectivity index (χ2v) is 7.79. The Morgan fingerprint density at radius 1 is 1.23 bits per heavy atom. The van der Waals surface area contributed by atoms with E-state index in [1.165, 1.54) is 16.7 Å². The normalized spacial score (nSPS) is 13.2. The van der Waals surface area contributed by atoms with Crippen LogP contribution in [0.5, 0.6) is 5.75 Å². The molecule has 2 aromatic carbocycles. The van der Waals surface area contributed by atoms with Crippen LogP contribution in [0.15, 0.2) is 48.8 Å². The smallest absolute Gasteiger partial charge is 0.227 e. The number of aromatic nitrogens is 2. The predicted molar refractivity (Wildman–Crippen MR) is 120 cm³/mol. The van der Waals surface area contributed by atoms with Crippen LogP contribution < -0.4 is 9.64 Å². The summed E-state index contributed by atoms with van der Waals surface area (Å²) in [6.45, 7) is 5.58. The summed E-state index contributed by atoms with van der Waals surface area (Å²) in [5, 5.41) is 6.96. The first-order valence-corrected chi connectivity index (χ1v) is 10.8. The van der Waals surface area contributed by atoms with Crippen LogP contribution in [0.1, 0.15) is 42.9 Å². The molecule has 0 saturated carbocycles. The molecule has 4 rings (SSSR count). The Labute approximate surface area is 178 Å². The number of benzene rings is 2. The van der Waals surface area contributed by atoms with Crippen LogP contribution in [0, 0.1) is 6.92 Å². The number of fused-ring (bicyclic) bond motifs is 1. The summed E-state index contributed by atoms with van der Waals surface area (Å²) in [7, 11) is 0. The lowest BCUT2D eigenvalue weighted by Crippen LogP contribution is -2.35. The number of aryl methyl sites for hydroxylation is 1. The highest BCUT2D eigenvalue weighted by Gasteiger charge is 2.24. The Morgan fingerprint density at radius 3 is 2.90 bits per heavy atom. The Hall–Kier alpha value is -3.08. The van der Waals surface area contributed by atoms with Crippen LogP contribution in [0.3, 0.4) is 0 Å². The van der Waals surface area contributed by atoms with E-state index in [9.17, 15) is 4.79 Å². The van der Waals surface area contributed by atoms with Gasteiger partial charge in [0.1, 0.15) is 5.75 Å². The molecule has 1 aromatic heterocycles. The van der Waals surface area contributed by atoms with Crippen LogP contribution in [0.4, 0.5) is 5.69 Å². The fourth-order valence-electron chi connectivity index (χ4n) is 4.29. The van der Waals surface area contributed by atoms with Crippen molar-refractivity contribution in [3.63, 3.8) is 0 Å². The number of ether oxygens (including phenoxy) is 1. The van der Waals surface area contributed by atoms with Gasteiger partial charge in [0.05, 0.1) is 12.8 Å². The van der Waals surface area contributed by atoms with E-state index in [-0.39, 0.29) is 5.91 Å². The molecule has 0 radical (unpaired) electrons. The second kappa shape index (κ2) is 9.16. The molecule has 1 amide bonds. The van der Waals surface area contributed by atoms with E-state index in [1.54, 1.807) is 0 Å². The van der Waals surface area contributed by atoms with Crippen molar-refractivity contribution >= 4 is 11.6 Å². The summed E-state index contributed by atoms with van der Waals surface area (Å²) in [6, 6.07) is 12.4. The highest BCUT2D eigenvalue weighted by atomic mass is 16.5. The average molecular weight is 404 g/mol. The van der Waals surface area contributed by atoms with Crippen LogP contribution in [-0.4, -0.2) is 29.3 Å². The van der Waals surface area contributed by atoms with Crippen molar-refractivity contribution in [2.75, 3.05) is 18.1 Å². The number of nitrogens with one attached hydrogen (secondary N) is 1. The summed E-state index contributed by atoms with van der Waals surface area (Å²) in [5.41, 5.74) is 7.01. The second-order valence-electron chi connectivity index (χ2n) is 7.79. The summed E-state index contributed by atoms with van der Waals surface area (Å²) < 4.78 is 5.97. The van der Waals surface area contributed by atoms with Crippen molar-refractivity contribution in [1.82, 2.24) is 10.2 Å². The molecule has 0 aliphatic carbocycles. The van der Waals surface area contributed by atoms with Crippen molar-refractivity contribution in [2.45, 2.75) is 46.0 Å². The first-order chi connectivity index (χ1) is 14.7. The lowest BCUT2D eigenvalue weighted by Gasteiger charge is -2.31. The predicted octanol–water partition coefficient (Wildman–Crippen LogP) is 5.09. The van der Waals surface area contributed by atoms with Gasteiger partial charge in [0, 0.05) is 30.4 Å². The van der Waals surface area contributed by atoms with Crippen LogP contribution in [0.2, 0.25) is 0 Å². The van der Waals surface area contributed by atoms with Crippen LogP contribution >= 0.6 is 0 Å². The first kappa shape index (κ1) is 20.2. The van der Waals surface area contributed by atoms with Crippen molar-refractivity contribution in [2.24, 2.45) is 0 Å². The lowest BCUT2D eigenvalue weighted by atomic mass is 9.93. The Bertz CT molecular complexity index is 1010. The minimum absolute atomic E-state index is 0.169. The quantitative estimate of drug-likeness (QED) is 0.559. The summed E-state index contributed by atoms with van der Waals surface area (Å²) in [6.07, 6.45) is 7.90. The van der Waals surface area contributed by atoms with Gasteiger partial charge in [-0.1, -0.05) is 31.2 Å². The van der Waals surface area contributed by atoms with Gasteiger partial charge < -0.3 is 9.64 Å². The van der Waals surface area contributed by atoms with E-state index in [2.05, 4.69) is 42.2 Å². The number of H-pyrrole nitrogens is 1. The Morgan fingerprint density at radius 2 is 2.10 bits per heavy atom. The Balaban J connectivity index is 1.39. The number of amides is 1. The van der Waals surface area contributed by atoms with Gasteiger partial charge in [-0.05, 0) is 67.0 Å². The van der Waals surface area contributed by atoms with E-state index < -0.39 is 0 Å². The number of rotatable bonds is 7. The molecular weight excluding hydrogens is 374 g/mol. The number of carbonyl (C=O) groups is 1. The topological polar surface area (TPSA) is 58.2 Å². The molecule has 3 aromatic rings. The van der Waals surface area contributed by atoms with Gasteiger partial charge in [0.25, 0.3) is 0 Å². The van der Waals surface area contributed by atoms with Gasteiger partial charge in [-0.25, -0.2) is 0 Å². The average Bonchev–Trinajstić information content (AvgIpc) is 3.31. The van der Waals surface area contributed by atoms with E-state index in [0.29, 0.717) is 19.4 Å². The molecule has 2 heterocycles. The van der Waals surface area contributed by atoms with E-state index >= 15 is 0 Å². The molecule has 5 heteroatoms. The fourth-order valence-corrected chi connectivity index (χ4v) is 4.29. The molecule has 1 aliphatic rings. The van der Waals surface area contributed by atoms with E-state index in [1.807, 2.05) is 35.5 Å². The molecule has 0 saturated heterocycles. The summed E-state index contributed by atoms with van der Waals surface area (Å²) in [4.78, 5) is 14.9. The zero-order valence-corrected chi connectivity index (χ0v) is 17.8. The summed E-state index contributed by atoms with van der Waals surface area (Å²) >= 11 is 0. The lowest BCUT2D eigenvalue weighted by molar-refractivity contribution is -0.118. The van der Waals surface area contributed by atoms with Crippen LogP contribution in [0.25, 0.3) is 11.1 Å². The molecule has 156 valence electrons. The fraction of sp³-hybridized carbons (Fsp3) is 0.360. The third-order valence-corrected chi connectivity index (χ3v) is 5.93. The third kappa shape index (κ3) is 4.11. The number of hydrogen-bond acceptors (Lipinski definition) is 3. The highest BCUT2D eigenvalue weighted by Crippen LogP contribution is 2.35. The van der Waals surface area contributed by atoms with Crippen molar-refractivity contribution in [3.05, 3.63) is 65.5 Å². The van der Waals surface area contributed by atoms with Gasteiger partial charge in [-0.15, -0.1) is 0 Å². The summed E-state index contributed by atoms with van der Waals surface area (Å²) in [5.74, 6) is 1.10. The molecule has 1 N–H and O–H groups in total. The minimum Gasteiger partial charge on any atom is -0.493 e. The zero-order chi connectivity index (χ0) is 20.9. The van der Waals surface area contributed by atoms with Crippen LogP contribution in [-0.2, 0) is 17.6 Å². The van der Waals surface area contributed by atoms with E-state index in [4.69, 9.17) is 4.74 Å². The monoisotopic (exact) mass is 403 g/mol. The molecule has 0 spiro atoms. The molecule has 0 bridgehead atoms. The number of hydrogen-bond donors (Lipinski definition) is 1. The van der Waals surface area contributed by atoms with Crippen molar-refractivity contribution in [3.8, 4) is 16.9 Å². The highest BCUT2D eigenvalue weighted by molar-refractivity contribution is 5.96. The molecule has 0 fully saturated rings. The zero-order valence-electron chi connectivity index (χ0n) is 17.8. The number of carbonyl (C=O) groups excluding carboxylic acids is 1. The molecule has 5 nitrogen and oxygen atoms in total. The van der Waals surface area contributed by atoms with E-state index in [0.717, 1.165) is 48.4 Å². The van der Waals surface area contributed by atoms with Gasteiger partial charge in [-0.3, -0.25) is 9.89 Å². The van der Waals surface area contributed by atoms with Gasteiger partial charge in [0.2, 0.25) is 5.91 Å². The standard InChI is InChI=1S/C25H29N3O2/c1-3-19-8-4-12-24(18(19)2)30-15-7-13-25(29)28-14-6-10-22-21(9-5-11-23(22)28)20-16-26-27-17-20/h4-5,8-9,11-12,16-17H,3,6-7,10,13-15H2,1-2H3,(H,26,27). The number of aromatic amines is 1. The SMILES string of the molecule is CCc1cccc(OCCCC(=O)N2CCCc3c(-c4cn[nH]c4)cccc32)c1C. The maximum atomic E-state index is 13.0. The number of nitrogens with zero attached hydrogens (tertiary/aromatic N) is 2. The molecule has 30 heavy (non-hydrogen) atoms. The molecule has 0 unspecified atom stereocenters. The maximum Gasteiger partial charge on any atom is 0.227 e.